The average molecular weight is 195 g/mol. The van der Waals surface area contributed by atoms with E-state index in [1.54, 1.807) is 18.4 Å². The molecular weight excluding hydrogens is 184 g/mol. The third kappa shape index (κ3) is 1.79. The number of hydrogen-bond donors (Lipinski definition) is 0. The number of rotatable bonds is 4. The summed E-state index contributed by atoms with van der Waals surface area (Å²) >= 11 is 0. The lowest BCUT2D eigenvalue weighted by Crippen LogP contribution is -1.97. The highest BCUT2D eigenvalue weighted by atomic mass is 16.5. The van der Waals surface area contributed by atoms with Gasteiger partial charge in [0.1, 0.15) is 22.8 Å². The molecule has 1 rings (SSSR count). The molecule has 4 heteroatoms. The Morgan fingerprint density at radius 2 is 1.50 bits per heavy atom. The van der Waals surface area contributed by atoms with E-state index in [0.29, 0.717) is 17.2 Å². The first kappa shape index (κ1) is 10.4. The Morgan fingerprint density at radius 3 is 1.79 bits per heavy atom. The molecule has 75 valence electrons. The fraction of sp³-hybridized carbons (Fsp3) is 0.300. The van der Waals surface area contributed by atoms with Gasteiger partial charge in [0.2, 0.25) is 6.29 Å². The SMILES string of the molecule is COc1cc(OC)c([C]=O)c(OC)c1. The summed E-state index contributed by atoms with van der Waals surface area (Å²) in [5.74, 6) is 1.34. The predicted octanol–water partition coefficient (Wildman–Crippen LogP) is 1.17. The quantitative estimate of drug-likeness (QED) is 0.723. The van der Waals surface area contributed by atoms with Crippen LogP contribution in [0.15, 0.2) is 12.1 Å². The third-order valence-corrected chi connectivity index (χ3v) is 1.82. The Labute approximate surface area is 82.4 Å². The van der Waals surface area contributed by atoms with E-state index in [0.717, 1.165) is 0 Å². The van der Waals surface area contributed by atoms with Gasteiger partial charge in [0, 0.05) is 12.1 Å². The molecule has 1 aromatic carbocycles. The molecule has 0 amide bonds. The standard InChI is InChI=1S/C10H11O4/c1-12-7-4-9(13-2)8(6-11)10(5-7)14-3/h4-5H,1-3H3. The van der Waals surface area contributed by atoms with Gasteiger partial charge in [-0.15, -0.1) is 0 Å². The molecule has 0 aliphatic heterocycles. The number of methoxy groups -OCH3 is 3. The molecule has 0 aromatic heterocycles. The first-order valence-corrected chi connectivity index (χ1v) is 3.95. The number of hydrogen-bond acceptors (Lipinski definition) is 4. The lowest BCUT2D eigenvalue weighted by Gasteiger charge is -2.10. The fourth-order valence-corrected chi connectivity index (χ4v) is 1.11. The van der Waals surface area contributed by atoms with Gasteiger partial charge >= 0.3 is 0 Å². The van der Waals surface area contributed by atoms with E-state index in [2.05, 4.69) is 0 Å². The van der Waals surface area contributed by atoms with Crippen LogP contribution in [0.25, 0.3) is 0 Å². The first-order chi connectivity index (χ1) is 6.76. The smallest absolute Gasteiger partial charge is 0.241 e. The molecule has 0 aliphatic rings. The number of ether oxygens (including phenoxy) is 3. The molecule has 4 nitrogen and oxygen atoms in total. The van der Waals surface area contributed by atoms with E-state index < -0.39 is 0 Å². The van der Waals surface area contributed by atoms with E-state index in [1.807, 2.05) is 0 Å². The molecule has 14 heavy (non-hydrogen) atoms. The van der Waals surface area contributed by atoms with Gasteiger partial charge in [-0.1, -0.05) is 0 Å². The molecule has 0 atom stereocenters. The van der Waals surface area contributed by atoms with Gasteiger partial charge in [0.15, 0.2) is 0 Å². The van der Waals surface area contributed by atoms with Crippen molar-refractivity contribution in [2.75, 3.05) is 21.3 Å². The fourth-order valence-electron chi connectivity index (χ4n) is 1.11. The molecule has 0 unspecified atom stereocenters. The monoisotopic (exact) mass is 195 g/mol. The van der Waals surface area contributed by atoms with Crippen LogP contribution in [-0.4, -0.2) is 27.6 Å². The van der Waals surface area contributed by atoms with Crippen LogP contribution in [0, 0.1) is 0 Å². The molecule has 0 saturated carbocycles. The van der Waals surface area contributed by atoms with Gasteiger partial charge in [0.25, 0.3) is 0 Å². The zero-order valence-electron chi connectivity index (χ0n) is 8.29. The van der Waals surface area contributed by atoms with Crippen molar-refractivity contribution in [3.8, 4) is 17.2 Å². The van der Waals surface area contributed by atoms with Crippen molar-refractivity contribution in [3.63, 3.8) is 0 Å². The lowest BCUT2D eigenvalue weighted by molar-refractivity contribution is 0.373. The van der Waals surface area contributed by atoms with E-state index in [1.165, 1.54) is 21.3 Å². The van der Waals surface area contributed by atoms with Crippen LogP contribution in [0.5, 0.6) is 17.2 Å². The van der Waals surface area contributed by atoms with Crippen molar-refractivity contribution in [2.24, 2.45) is 0 Å². The minimum Gasteiger partial charge on any atom is -0.496 e. The molecule has 0 fully saturated rings. The molecule has 0 aliphatic carbocycles. The molecule has 0 saturated heterocycles. The molecular formula is C10H11O4. The van der Waals surface area contributed by atoms with Gasteiger partial charge in [-0.2, -0.15) is 0 Å². The summed E-state index contributed by atoms with van der Waals surface area (Å²) in [5, 5.41) is 0. The van der Waals surface area contributed by atoms with Gasteiger partial charge in [-0.05, 0) is 0 Å². The molecule has 0 N–H and O–H groups in total. The maximum atomic E-state index is 10.6. The van der Waals surface area contributed by atoms with Crippen LogP contribution in [0.3, 0.4) is 0 Å². The lowest BCUT2D eigenvalue weighted by atomic mass is 10.2. The highest BCUT2D eigenvalue weighted by Crippen LogP contribution is 2.32. The summed E-state index contributed by atoms with van der Waals surface area (Å²) in [6.07, 6.45) is 1.76. The van der Waals surface area contributed by atoms with Crippen molar-refractivity contribution in [3.05, 3.63) is 17.7 Å². The number of benzene rings is 1. The van der Waals surface area contributed by atoms with Gasteiger partial charge < -0.3 is 14.2 Å². The average Bonchev–Trinajstić information content (AvgIpc) is 2.26. The summed E-state index contributed by atoms with van der Waals surface area (Å²) in [5.41, 5.74) is 0.260. The minimum absolute atomic E-state index is 0.260. The highest BCUT2D eigenvalue weighted by Gasteiger charge is 2.12. The summed E-state index contributed by atoms with van der Waals surface area (Å²) < 4.78 is 15.0. The van der Waals surface area contributed by atoms with Crippen LogP contribution in [-0.2, 0) is 4.79 Å². The van der Waals surface area contributed by atoms with E-state index >= 15 is 0 Å². The largest absolute Gasteiger partial charge is 0.496 e. The molecule has 0 spiro atoms. The van der Waals surface area contributed by atoms with Crippen LogP contribution in [0.4, 0.5) is 0 Å². The van der Waals surface area contributed by atoms with Gasteiger partial charge in [0.05, 0.1) is 21.3 Å². The molecule has 0 heterocycles. The Balaban J connectivity index is 3.31. The third-order valence-electron chi connectivity index (χ3n) is 1.82. The normalized spacial score (nSPS) is 9.36. The Bertz CT molecular complexity index is 308. The summed E-state index contributed by atoms with van der Waals surface area (Å²) in [6, 6.07) is 3.20. The molecule has 1 radical (unpaired) electrons. The maximum Gasteiger partial charge on any atom is 0.241 e. The Kier molecular flexibility index (Phi) is 3.34. The predicted molar refractivity (Wildman–Crippen MR) is 50.9 cm³/mol. The van der Waals surface area contributed by atoms with Crippen molar-refractivity contribution < 1.29 is 19.0 Å². The van der Waals surface area contributed by atoms with E-state index in [-0.39, 0.29) is 5.56 Å². The van der Waals surface area contributed by atoms with E-state index in [9.17, 15) is 4.79 Å². The summed E-state index contributed by atoms with van der Waals surface area (Å²) in [6.45, 7) is 0. The van der Waals surface area contributed by atoms with Gasteiger partial charge in [-0.3, -0.25) is 4.79 Å². The number of carbonyl (C=O) groups excluding carboxylic acids is 1. The summed E-state index contributed by atoms with van der Waals surface area (Å²) in [4.78, 5) is 10.6. The van der Waals surface area contributed by atoms with Crippen molar-refractivity contribution in [1.29, 1.82) is 0 Å². The van der Waals surface area contributed by atoms with Crippen molar-refractivity contribution in [1.82, 2.24) is 0 Å². The summed E-state index contributed by atoms with van der Waals surface area (Å²) in [7, 11) is 4.46. The second kappa shape index (κ2) is 4.50. The zero-order chi connectivity index (χ0) is 10.6. The minimum atomic E-state index is 0.260. The highest BCUT2D eigenvalue weighted by molar-refractivity contribution is 5.84. The van der Waals surface area contributed by atoms with Crippen LogP contribution < -0.4 is 14.2 Å². The topological polar surface area (TPSA) is 44.8 Å². The molecule has 1 aromatic rings. The van der Waals surface area contributed by atoms with Crippen molar-refractivity contribution in [2.45, 2.75) is 0 Å². The Hall–Kier alpha value is -1.71. The molecule has 0 bridgehead atoms. The van der Waals surface area contributed by atoms with Gasteiger partial charge in [-0.25, -0.2) is 0 Å². The Morgan fingerprint density at radius 1 is 1.00 bits per heavy atom. The zero-order valence-corrected chi connectivity index (χ0v) is 8.29. The van der Waals surface area contributed by atoms with E-state index in [4.69, 9.17) is 14.2 Å². The van der Waals surface area contributed by atoms with Crippen molar-refractivity contribution >= 4 is 6.29 Å². The van der Waals surface area contributed by atoms with Crippen LogP contribution in [0.1, 0.15) is 5.56 Å². The van der Waals surface area contributed by atoms with Crippen LogP contribution >= 0.6 is 0 Å². The van der Waals surface area contributed by atoms with Crippen LogP contribution in [0.2, 0.25) is 0 Å². The first-order valence-electron chi connectivity index (χ1n) is 3.95. The second-order valence-corrected chi connectivity index (χ2v) is 2.51. The maximum absolute atomic E-state index is 10.6. The second-order valence-electron chi connectivity index (χ2n) is 2.51.